The molecule has 25 heavy (non-hydrogen) atoms. The number of nitrogens with one attached hydrogen (secondary N) is 1. The van der Waals surface area contributed by atoms with Gasteiger partial charge in [0.2, 0.25) is 0 Å². The van der Waals surface area contributed by atoms with Crippen LogP contribution < -0.4 is 10.2 Å². The molecule has 0 unspecified atom stereocenters. The van der Waals surface area contributed by atoms with E-state index in [0.717, 1.165) is 31.7 Å². The third-order valence-electron chi connectivity index (χ3n) is 3.97. The molecule has 2 aromatic rings. The molecule has 1 amide bonds. The fourth-order valence-electron chi connectivity index (χ4n) is 2.69. The zero-order valence-electron chi connectivity index (χ0n) is 13.3. The fourth-order valence-corrected chi connectivity index (χ4v) is 2.86. The number of carbonyl (C=O) groups is 1. The van der Waals surface area contributed by atoms with E-state index in [0.29, 0.717) is 0 Å². The van der Waals surface area contributed by atoms with Gasteiger partial charge in [0.05, 0.1) is 4.92 Å². The van der Waals surface area contributed by atoms with Crippen LogP contribution in [0.25, 0.3) is 0 Å². The number of anilines is 2. The summed E-state index contributed by atoms with van der Waals surface area (Å²) in [7, 11) is 0. The zero-order valence-corrected chi connectivity index (χ0v) is 14.1. The Morgan fingerprint density at radius 1 is 1.16 bits per heavy atom. The molecule has 1 aromatic carbocycles. The van der Waals surface area contributed by atoms with E-state index in [1.807, 2.05) is 0 Å². The topological polar surface area (TPSA) is 101 Å². The van der Waals surface area contributed by atoms with Crippen molar-refractivity contribution in [2.24, 2.45) is 0 Å². The predicted molar refractivity (Wildman–Crippen MR) is 94.2 cm³/mol. The number of halogens is 1. The van der Waals surface area contributed by atoms with Crippen molar-refractivity contribution < 1.29 is 9.72 Å². The molecule has 0 saturated carbocycles. The van der Waals surface area contributed by atoms with Crippen molar-refractivity contribution in [3.8, 4) is 0 Å². The van der Waals surface area contributed by atoms with Crippen LogP contribution in [0.1, 0.15) is 29.8 Å². The molecular weight excluding hydrogens is 346 g/mol. The van der Waals surface area contributed by atoms with E-state index < -0.39 is 10.8 Å². The summed E-state index contributed by atoms with van der Waals surface area (Å²) < 4.78 is 0. The maximum absolute atomic E-state index is 12.3. The van der Waals surface area contributed by atoms with Gasteiger partial charge in [-0.3, -0.25) is 14.9 Å². The number of hydrogen-bond donors (Lipinski definition) is 1. The Morgan fingerprint density at radius 3 is 2.56 bits per heavy atom. The second-order valence-corrected chi connectivity index (χ2v) is 6.13. The van der Waals surface area contributed by atoms with Crippen LogP contribution in [0, 0.1) is 10.1 Å². The molecule has 1 saturated heterocycles. The smallest absolute Gasteiger partial charge is 0.292 e. The van der Waals surface area contributed by atoms with Gasteiger partial charge in [-0.15, -0.1) is 10.2 Å². The van der Waals surface area contributed by atoms with Crippen LogP contribution in [-0.2, 0) is 0 Å². The molecule has 1 aliphatic rings. The van der Waals surface area contributed by atoms with Gasteiger partial charge in [-0.05, 0) is 43.5 Å². The molecular formula is C16H16ClN5O3. The molecule has 1 aromatic heterocycles. The van der Waals surface area contributed by atoms with Crippen LogP contribution in [0.3, 0.4) is 0 Å². The van der Waals surface area contributed by atoms with Crippen molar-refractivity contribution >= 4 is 34.7 Å². The molecule has 130 valence electrons. The first-order valence-electron chi connectivity index (χ1n) is 7.88. The van der Waals surface area contributed by atoms with Crippen molar-refractivity contribution in [3.63, 3.8) is 0 Å². The Kier molecular flexibility index (Phi) is 5.08. The van der Waals surface area contributed by atoms with Crippen LogP contribution in [0.15, 0.2) is 30.3 Å². The lowest BCUT2D eigenvalue weighted by molar-refractivity contribution is -0.383. The van der Waals surface area contributed by atoms with E-state index in [1.54, 1.807) is 12.1 Å². The summed E-state index contributed by atoms with van der Waals surface area (Å²) in [5.41, 5.74) is -0.143. The minimum atomic E-state index is -0.586. The number of nitro groups is 1. The van der Waals surface area contributed by atoms with Gasteiger partial charge >= 0.3 is 0 Å². The summed E-state index contributed by atoms with van der Waals surface area (Å²) in [6.07, 6.45) is 3.44. The van der Waals surface area contributed by atoms with E-state index >= 15 is 0 Å². The zero-order chi connectivity index (χ0) is 17.8. The monoisotopic (exact) mass is 361 g/mol. The number of carbonyl (C=O) groups excluding carboxylic acids is 1. The molecule has 1 fully saturated rings. The molecule has 0 atom stereocenters. The average Bonchev–Trinajstić information content (AvgIpc) is 2.62. The van der Waals surface area contributed by atoms with E-state index in [4.69, 9.17) is 11.6 Å². The lowest BCUT2D eigenvalue weighted by atomic mass is 10.1. The van der Waals surface area contributed by atoms with Crippen LogP contribution in [0.5, 0.6) is 0 Å². The summed E-state index contributed by atoms with van der Waals surface area (Å²) in [4.78, 5) is 24.9. The quantitative estimate of drug-likeness (QED) is 0.662. The number of nitrogens with zero attached hydrogens (tertiary/aromatic N) is 4. The molecule has 0 radical (unpaired) electrons. The van der Waals surface area contributed by atoms with E-state index in [9.17, 15) is 14.9 Å². The van der Waals surface area contributed by atoms with Crippen LogP contribution in [0.2, 0.25) is 5.02 Å². The molecule has 0 bridgehead atoms. The highest BCUT2D eigenvalue weighted by molar-refractivity contribution is 6.31. The van der Waals surface area contributed by atoms with Gasteiger partial charge in [0.25, 0.3) is 11.6 Å². The first-order chi connectivity index (χ1) is 12.0. The van der Waals surface area contributed by atoms with Gasteiger partial charge < -0.3 is 10.2 Å². The Bertz CT molecular complexity index is 791. The van der Waals surface area contributed by atoms with E-state index in [2.05, 4.69) is 20.4 Å². The predicted octanol–water partition coefficient (Wildman–Crippen LogP) is 3.28. The molecule has 9 heteroatoms. The second-order valence-electron chi connectivity index (χ2n) is 5.70. The summed E-state index contributed by atoms with van der Waals surface area (Å²) in [6, 6.07) is 7.25. The minimum absolute atomic E-state index is 0.0180. The third kappa shape index (κ3) is 4.03. The highest BCUT2D eigenvalue weighted by Gasteiger charge is 2.19. The SMILES string of the molecule is O=C(Nc1cc(Cl)ccc1[N+](=O)[O-])c1ccc(N2CCCCC2)nn1. The standard InChI is InChI=1S/C16H16ClN5O3/c17-11-4-6-14(22(24)25)13(10-11)18-16(23)12-5-7-15(20-19-12)21-8-2-1-3-9-21/h4-7,10H,1-3,8-9H2,(H,18,23). The van der Waals surface area contributed by atoms with Crippen LogP contribution >= 0.6 is 11.6 Å². The number of piperidine rings is 1. The Balaban J connectivity index is 1.75. The number of aromatic nitrogens is 2. The molecule has 3 rings (SSSR count). The highest BCUT2D eigenvalue weighted by atomic mass is 35.5. The fraction of sp³-hybridized carbons (Fsp3) is 0.312. The molecule has 0 aliphatic carbocycles. The van der Waals surface area contributed by atoms with Gasteiger partial charge in [-0.2, -0.15) is 0 Å². The number of benzene rings is 1. The molecule has 2 heterocycles. The first kappa shape index (κ1) is 17.1. The minimum Gasteiger partial charge on any atom is -0.355 e. The Morgan fingerprint density at radius 2 is 1.92 bits per heavy atom. The summed E-state index contributed by atoms with van der Waals surface area (Å²) in [5, 5.41) is 21.8. The summed E-state index contributed by atoms with van der Waals surface area (Å²) in [5.74, 6) is 0.146. The maximum Gasteiger partial charge on any atom is 0.292 e. The first-order valence-corrected chi connectivity index (χ1v) is 8.26. The van der Waals surface area contributed by atoms with Crippen LogP contribution in [-0.4, -0.2) is 34.1 Å². The number of amides is 1. The van der Waals surface area contributed by atoms with Gasteiger partial charge in [-0.25, -0.2) is 0 Å². The van der Waals surface area contributed by atoms with Crippen molar-refractivity contribution in [3.05, 3.63) is 51.2 Å². The molecule has 1 aliphatic heterocycles. The van der Waals surface area contributed by atoms with Crippen molar-refractivity contribution in [1.29, 1.82) is 0 Å². The van der Waals surface area contributed by atoms with Crippen molar-refractivity contribution in [2.75, 3.05) is 23.3 Å². The van der Waals surface area contributed by atoms with Crippen molar-refractivity contribution in [2.45, 2.75) is 19.3 Å². The highest BCUT2D eigenvalue weighted by Crippen LogP contribution is 2.28. The molecule has 8 nitrogen and oxygen atoms in total. The van der Waals surface area contributed by atoms with Crippen LogP contribution in [0.4, 0.5) is 17.2 Å². The largest absolute Gasteiger partial charge is 0.355 e. The number of hydrogen-bond acceptors (Lipinski definition) is 6. The third-order valence-corrected chi connectivity index (χ3v) is 4.20. The Labute approximate surface area is 149 Å². The normalized spacial score (nSPS) is 14.2. The van der Waals surface area contributed by atoms with Gasteiger partial charge in [0.1, 0.15) is 5.69 Å². The number of rotatable bonds is 4. The van der Waals surface area contributed by atoms with Gasteiger partial charge in [0.15, 0.2) is 11.5 Å². The Hall–Kier alpha value is -2.74. The lowest BCUT2D eigenvalue weighted by Crippen LogP contribution is -2.30. The second kappa shape index (κ2) is 7.43. The average molecular weight is 362 g/mol. The van der Waals surface area contributed by atoms with Crippen molar-refractivity contribution in [1.82, 2.24) is 10.2 Å². The molecule has 0 spiro atoms. The van der Waals surface area contributed by atoms with E-state index in [1.165, 1.54) is 24.6 Å². The molecule has 1 N–H and O–H groups in total. The van der Waals surface area contributed by atoms with Gasteiger partial charge in [0, 0.05) is 24.2 Å². The summed E-state index contributed by atoms with van der Waals surface area (Å²) >= 11 is 5.85. The summed E-state index contributed by atoms with van der Waals surface area (Å²) in [6.45, 7) is 1.85. The van der Waals surface area contributed by atoms with Gasteiger partial charge in [-0.1, -0.05) is 11.6 Å². The van der Waals surface area contributed by atoms with E-state index in [-0.39, 0.29) is 22.1 Å². The lowest BCUT2D eigenvalue weighted by Gasteiger charge is -2.27. The maximum atomic E-state index is 12.3. The number of nitro benzene ring substituents is 1.